The van der Waals surface area contributed by atoms with E-state index in [1.165, 1.54) is 7.11 Å². The number of carbonyl (C=O) groups excluding carboxylic acids is 2. The van der Waals surface area contributed by atoms with Crippen LogP contribution >= 0.6 is 23.2 Å². The Morgan fingerprint density at radius 2 is 1.84 bits per heavy atom. The van der Waals surface area contributed by atoms with E-state index in [0.717, 1.165) is 0 Å². The monoisotopic (exact) mass is 479 g/mol. The standard InChI is InChI=1S/C23H23Cl2NO6/c1-29-15-10-19(30-2)22-17(27)12-23(32-20(22)11-15)5-7-26(8-6-23)21(28)13-31-18-9-14(24)3-4-16(18)25/h3-4,9-11H,5-8,12-13H2,1-2H3. The number of carbonyl (C=O) groups is 2. The fourth-order valence-electron chi connectivity index (χ4n) is 4.11. The van der Waals surface area contributed by atoms with Gasteiger partial charge in [0.1, 0.15) is 34.2 Å². The first-order chi connectivity index (χ1) is 15.3. The molecule has 0 radical (unpaired) electrons. The third-order valence-corrected chi connectivity index (χ3v) is 6.40. The molecule has 1 spiro atoms. The zero-order valence-electron chi connectivity index (χ0n) is 17.8. The number of ether oxygens (including phenoxy) is 4. The Kier molecular flexibility index (Phi) is 6.40. The Hall–Kier alpha value is -2.64. The number of ketones is 1. The number of hydrogen-bond donors (Lipinski definition) is 0. The summed E-state index contributed by atoms with van der Waals surface area (Å²) in [4.78, 5) is 27.3. The molecule has 2 heterocycles. The van der Waals surface area contributed by atoms with E-state index in [-0.39, 0.29) is 24.7 Å². The zero-order chi connectivity index (χ0) is 22.9. The van der Waals surface area contributed by atoms with Crippen LogP contribution in [0.2, 0.25) is 10.0 Å². The van der Waals surface area contributed by atoms with Crippen LogP contribution < -0.4 is 18.9 Å². The van der Waals surface area contributed by atoms with Gasteiger partial charge in [-0.3, -0.25) is 9.59 Å². The molecule has 2 aromatic rings. The number of nitrogens with zero attached hydrogens (tertiary/aromatic N) is 1. The molecule has 2 aliphatic heterocycles. The van der Waals surface area contributed by atoms with Crippen molar-refractivity contribution in [1.29, 1.82) is 0 Å². The SMILES string of the molecule is COc1cc(OC)c2c(c1)OC1(CCN(C(=O)COc3cc(Cl)ccc3Cl)CC1)CC2=O. The van der Waals surface area contributed by atoms with Gasteiger partial charge < -0.3 is 23.8 Å². The van der Waals surface area contributed by atoms with E-state index in [4.69, 9.17) is 42.1 Å². The number of halogens is 2. The van der Waals surface area contributed by atoms with Gasteiger partial charge in [0.05, 0.1) is 25.7 Å². The highest BCUT2D eigenvalue weighted by Gasteiger charge is 2.45. The lowest BCUT2D eigenvalue weighted by atomic mass is 9.82. The topological polar surface area (TPSA) is 74.3 Å². The minimum Gasteiger partial charge on any atom is -0.496 e. The highest BCUT2D eigenvalue weighted by molar-refractivity contribution is 6.34. The first-order valence-corrected chi connectivity index (χ1v) is 10.9. The van der Waals surface area contributed by atoms with E-state index in [1.807, 2.05) is 0 Å². The number of Topliss-reactive ketones (excluding diaryl/α,β-unsaturated/α-hetero) is 1. The van der Waals surface area contributed by atoms with Crippen LogP contribution in [0.25, 0.3) is 0 Å². The largest absolute Gasteiger partial charge is 0.496 e. The Morgan fingerprint density at radius 1 is 1.09 bits per heavy atom. The predicted octanol–water partition coefficient (Wildman–Crippen LogP) is 4.42. The fraction of sp³-hybridized carbons (Fsp3) is 0.391. The summed E-state index contributed by atoms with van der Waals surface area (Å²) < 4.78 is 22.6. The number of rotatable bonds is 5. The number of benzene rings is 2. The van der Waals surface area contributed by atoms with Crippen LogP contribution in [0.3, 0.4) is 0 Å². The predicted molar refractivity (Wildman–Crippen MR) is 120 cm³/mol. The molecule has 2 aliphatic rings. The first kappa shape index (κ1) is 22.6. The quantitative estimate of drug-likeness (QED) is 0.631. The van der Waals surface area contributed by atoms with Gasteiger partial charge in [-0.2, -0.15) is 0 Å². The Balaban J connectivity index is 1.41. The molecule has 7 nitrogen and oxygen atoms in total. The molecule has 0 aliphatic carbocycles. The first-order valence-electron chi connectivity index (χ1n) is 10.2. The number of fused-ring (bicyclic) bond motifs is 1. The summed E-state index contributed by atoms with van der Waals surface area (Å²) >= 11 is 12.0. The van der Waals surface area contributed by atoms with Gasteiger partial charge in [-0.1, -0.05) is 23.2 Å². The molecule has 170 valence electrons. The number of piperidine rings is 1. The molecule has 1 fully saturated rings. The van der Waals surface area contributed by atoms with Crippen LogP contribution in [-0.2, 0) is 4.79 Å². The summed E-state index contributed by atoms with van der Waals surface area (Å²) in [6.45, 7) is 0.758. The van der Waals surface area contributed by atoms with Gasteiger partial charge in [0.2, 0.25) is 0 Å². The van der Waals surface area contributed by atoms with Crippen LogP contribution in [0.1, 0.15) is 29.6 Å². The lowest BCUT2D eigenvalue weighted by Gasteiger charge is -2.44. The highest BCUT2D eigenvalue weighted by atomic mass is 35.5. The summed E-state index contributed by atoms with van der Waals surface area (Å²) in [7, 11) is 3.06. The molecule has 2 aromatic carbocycles. The van der Waals surface area contributed by atoms with Crippen molar-refractivity contribution in [3.63, 3.8) is 0 Å². The van der Waals surface area contributed by atoms with E-state index in [9.17, 15) is 9.59 Å². The molecular formula is C23H23Cl2NO6. The van der Waals surface area contributed by atoms with E-state index in [0.29, 0.717) is 64.5 Å². The summed E-state index contributed by atoms with van der Waals surface area (Å²) in [6.07, 6.45) is 1.29. The molecule has 0 bridgehead atoms. The van der Waals surface area contributed by atoms with Crippen LogP contribution in [-0.4, -0.2) is 56.1 Å². The van der Waals surface area contributed by atoms with Crippen LogP contribution in [0.15, 0.2) is 30.3 Å². The van der Waals surface area contributed by atoms with Gasteiger partial charge in [0.25, 0.3) is 5.91 Å². The molecule has 9 heteroatoms. The average Bonchev–Trinajstić information content (AvgIpc) is 2.78. The second-order valence-corrected chi connectivity index (χ2v) is 8.68. The number of hydrogen-bond acceptors (Lipinski definition) is 6. The Labute approximate surface area is 196 Å². The zero-order valence-corrected chi connectivity index (χ0v) is 19.3. The van der Waals surface area contributed by atoms with Crippen LogP contribution in [0.4, 0.5) is 0 Å². The third-order valence-electron chi connectivity index (χ3n) is 5.85. The number of likely N-dealkylation sites (tertiary alicyclic amines) is 1. The van der Waals surface area contributed by atoms with Crippen LogP contribution in [0.5, 0.6) is 23.0 Å². The van der Waals surface area contributed by atoms with Crippen LogP contribution in [0, 0.1) is 0 Å². The lowest BCUT2D eigenvalue weighted by Crippen LogP contribution is -2.53. The number of amides is 1. The second kappa shape index (κ2) is 9.08. The van der Waals surface area contributed by atoms with Crippen molar-refractivity contribution < 1.29 is 28.5 Å². The molecule has 0 N–H and O–H groups in total. The normalized spacial score (nSPS) is 16.9. The van der Waals surface area contributed by atoms with Crippen molar-refractivity contribution in [2.24, 2.45) is 0 Å². The van der Waals surface area contributed by atoms with Gasteiger partial charge in [0.15, 0.2) is 12.4 Å². The van der Waals surface area contributed by atoms with Crippen molar-refractivity contribution in [1.82, 2.24) is 4.90 Å². The van der Waals surface area contributed by atoms with Crippen molar-refractivity contribution in [3.05, 3.63) is 45.9 Å². The van der Waals surface area contributed by atoms with Gasteiger partial charge >= 0.3 is 0 Å². The molecule has 0 saturated carbocycles. The van der Waals surface area contributed by atoms with E-state index < -0.39 is 5.60 Å². The van der Waals surface area contributed by atoms with Gasteiger partial charge in [-0.15, -0.1) is 0 Å². The minimum absolute atomic E-state index is 0.0375. The molecule has 32 heavy (non-hydrogen) atoms. The van der Waals surface area contributed by atoms with Gasteiger partial charge in [0, 0.05) is 49.2 Å². The lowest BCUT2D eigenvalue weighted by molar-refractivity contribution is -0.136. The molecule has 0 unspecified atom stereocenters. The Bertz CT molecular complexity index is 1050. The van der Waals surface area contributed by atoms with Crippen molar-refractivity contribution in [2.75, 3.05) is 33.9 Å². The third kappa shape index (κ3) is 4.45. The van der Waals surface area contributed by atoms with Crippen molar-refractivity contribution in [2.45, 2.75) is 24.9 Å². The molecule has 0 aromatic heterocycles. The fourth-order valence-corrected chi connectivity index (χ4v) is 4.45. The molecular weight excluding hydrogens is 457 g/mol. The maximum absolute atomic E-state index is 12.9. The molecule has 0 atom stereocenters. The summed E-state index contributed by atoms with van der Waals surface area (Å²) in [5.41, 5.74) is -0.223. The van der Waals surface area contributed by atoms with E-state index >= 15 is 0 Å². The summed E-state index contributed by atoms with van der Waals surface area (Å²) in [5.74, 6) is 1.60. The van der Waals surface area contributed by atoms with E-state index in [2.05, 4.69) is 0 Å². The molecule has 1 amide bonds. The minimum atomic E-state index is -0.657. The van der Waals surface area contributed by atoms with Gasteiger partial charge in [-0.25, -0.2) is 0 Å². The number of methoxy groups -OCH3 is 2. The summed E-state index contributed by atoms with van der Waals surface area (Å²) in [6, 6.07) is 8.22. The highest BCUT2D eigenvalue weighted by Crippen LogP contribution is 2.44. The molecule has 4 rings (SSSR count). The molecule has 1 saturated heterocycles. The smallest absolute Gasteiger partial charge is 0.260 e. The Morgan fingerprint density at radius 3 is 2.53 bits per heavy atom. The average molecular weight is 480 g/mol. The van der Waals surface area contributed by atoms with E-state index in [1.54, 1.807) is 42.3 Å². The second-order valence-electron chi connectivity index (χ2n) is 7.83. The maximum atomic E-state index is 12.9. The van der Waals surface area contributed by atoms with Crippen molar-refractivity contribution in [3.8, 4) is 23.0 Å². The maximum Gasteiger partial charge on any atom is 0.260 e. The van der Waals surface area contributed by atoms with Crippen molar-refractivity contribution >= 4 is 34.9 Å². The van der Waals surface area contributed by atoms with Gasteiger partial charge in [-0.05, 0) is 12.1 Å². The summed E-state index contributed by atoms with van der Waals surface area (Å²) in [5, 5.41) is 0.864.